The second-order valence-electron chi connectivity index (χ2n) is 3.74. The van der Waals surface area contributed by atoms with Crippen LogP contribution >= 0.6 is 0 Å². The number of nitrogen functional groups attached to an aromatic ring is 1. The van der Waals surface area contributed by atoms with Gasteiger partial charge in [0.2, 0.25) is 0 Å². The Hall–Kier alpha value is -2.63. The molecule has 3 N–H and O–H groups in total. The summed E-state index contributed by atoms with van der Waals surface area (Å²) in [6.45, 7) is 2.51. The third-order valence-electron chi connectivity index (χ3n) is 2.31. The quantitative estimate of drug-likeness (QED) is 0.871. The van der Waals surface area contributed by atoms with Gasteiger partial charge in [0.25, 0.3) is 5.91 Å². The molecule has 0 aliphatic heterocycles. The van der Waals surface area contributed by atoms with Gasteiger partial charge in [0.15, 0.2) is 0 Å². The molecule has 0 aliphatic rings. The van der Waals surface area contributed by atoms with Crippen LogP contribution in [0, 0.1) is 0 Å². The molecule has 0 bridgehead atoms. The van der Waals surface area contributed by atoms with Crippen molar-refractivity contribution < 1.29 is 9.53 Å². The predicted octanol–water partition coefficient (Wildman–Crippen LogP) is 1.71. The topological polar surface area (TPSA) is 90.1 Å². The molecule has 19 heavy (non-hydrogen) atoms. The highest BCUT2D eigenvalue weighted by molar-refractivity contribution is 6.02. The average molecular weight is 258 g/mol. The van der Waals surface area contributed by atoms with Crippen molar-refractivity contribution in [2.75, 3.05) is 17.7 Å². The minimum absolute atomic E-state index is 0.175. The van der Waals surface area contributed by atoms with Crippen LogP contribution in [0.15, 0.2) is 36.7 Å². The molecule has 0 spiro atoms. The summed E-state index contributed by atoms with van der Waals surface area (Å²) in [6.07, 6.45) is 2.74. The van der Waals surface area contributed by atoms with Crippen molar-refractivity contribution in [3.8, 4) is 5.75 Å². The molecule has 0 saturated heterocycles. The van der Waals surface area contributed by atoms with Crippen LogP contribution < -0.4 is 15.8 Å². The Morgan fingerprint density at radius 1 is 1.32 bits per heavy atom. The van der Waals surface area contributed by atoms with Gasteiger partial charge in [-0.15, -0.1) is 0 Å². The Kier molecular flexibility index (Phi) is 3.92. The standard InChI is InChI=1S/C13H14N4O2/c1-2-19-10-5-3-9(4-6-10)16-13(18)11-7-15-8-12(14)17-11/h3-8H,2H2,1H3,(H2,14,17)(H,16,18). The lowest BCUT2D eigenvalue weighted by Crippen LogP contribution is -2.14. The number of carbonyl (C=O) groups excluding carboxylic acids is 1. The van der Waals surface area contributed by atoms with Crippen molar-refractivity contribution in [3.05, 3.63) is 42.4 Å². The molecular weight excluding hydrogens is 244 g/mol. The van der Waals surface area contributed by atoms with Gasteiger partial charge in [-0.2, -0.15) is 0 Å². The molecule has 1 aromatic heterocycles. The van der Waals surface area contributed by atoms with Crippen LogP contribution in [-0.2, 0) is 0 Å². The minimum Gasteiger partial charge on any atom is -0.494 e. The lowest BCUT2D eigenvalue weighted by molar-refractivity contribution is 0.102. The molecule has 0 saturated carbocycles. The van der Waals surface area contributed by atoms with Gasteiger partial charge in [0, 0.05) is 5.69 Å². The number of nitrogens with one attached hydrogen (secondary N) is 1. The van der Waals surface area contributed by atoms with Crippen molar-refractivity contribution in [3.63, 3.8) is 0 Å². The molecule has 1 heterocycles. The van der Waals surface area contributed by atoms with Crippen LogP contribution in [0.25, 0.3) is 0 Å². The van der Waals surface area contributed by atoms with Gasteiger partial charge >= 0.3 is 0 Å². The fourth-order valence-corrected chi connectivity index (χ4v) is 1.49. The number of rotatable bonds is 4. The van der Waals surface area contributed by atoms with E-state index in [-0.39, 0.29) is 17.4 Å². The van der Waals surface area contributed by atoms with E-state index >= 15 is 0 Å². The molecular formula is C13H14N4O2. The summed E-state index contributed by atoms with van der Waals surface area (Å²) in [4.78, 5) is 19.6. The summed E-state index contributed by atoms with van der Waals surface area (Å²) in [5.74, 6) is 0.604. The number of hydrogen-bond acceptors (Lipinski definition) is 5. The normalized spacial score (nSPS) is 9.95. The predicted molar refractivity (Wildman–Crippen MR) is 72.0 cm³/mol. The van der Waals surface area contributed by atoms with E-state index in [0.717, 1.165) is 5.75 Å². The fraction of sp³-hybridized carbons (Fsp3) is 0.154. The maximum atomic E-state index is 11.9. The van der Waals surface area contributed by atoms with Crippen molar-refractivity contribution in [1.82, 2.24) is 9.97 Å². The molecule has 0 fully saturated rings. The summed E-state index contributed by atoms with van der Waals surface area (Å²) in [6, 6.07) is 7.07. The van der Waals surface area contributed by atoms with Gasteiger partial charge in [-0.3, -0.25) is 9.78 Å². The zero-order chi connectivity index (χ0) is 13.7. The van der Waals surface area contributed by atoms with E-state index in [0.29, 0.717) is 12.3 Å². The van der Waals surface area contributed by atoms with E-state index in [1.165, 1.54) is 12.4 Å². The van der Waals surface area contributed by atoms with Crippen molar-refractivity contribution in [2.45, 2.75) is 6.92 Å². The van der Waals surface area contributed by atoms with Gasteiger partial charge in [0.05, 0.1) is 19.0 Å². The first-order valence-corrected chi connectivity index (χ1v) is 5.81. The van der Waals surface area contributed by atoms with Gasteiger partial charge in [-0.25, -0.2) is 4.98 Å². The largest absolute Gasteiger partial charge is 0.494 e. The molecule has 6 heteroatoms. The average Bonchev–Trinajstić information content (AvgIpc) is 2.41. The van der Waals surface area contributed by atoms with Crippen LogP contribution in [0.3, 0.4) is 0 Å². The second kappa shape index (κ2) is 5.81. The number of nitrogens with two attached hydrogens (primary N) is 1. The van der Waals surface area contributed by atoms with Crippen LogP contribution in [0.5, 0.6) is 5.75 Å². The number of nitrogens with zero attached hydrogens (tertiary/aromatic N) is 2. The zero-order valence-corrected chi connectivity index (χ0v) is 10.5. The molecule has 0 radical (unpaired) electrons. The maximum absolute atomic E-state index is 11.9. The number of amides is 1. The van der Waals surface area contributed by atoms with E-state index in [1.54, 1.807) is 24.3 Å². The van der Waals surface area contributed by atoms with Crippen LogP contribution in [0.2, 0.25) is 0 Å². The van der Waals surface area contributed by atoms with Crippen LogP contribution in [0.4, 0.5) is 11.5 Å². The number of anilines is 2. The van der Waals surface area contributed by atoms with E-state index in [4.69, 9.17) is 10.5 Å². The first-order valence-electron chi connectivity index (χ1n) is 5.81. The minimum atomic E-state index is -0.357. The maximum Gasteiger partial charge on any atom is 0.275 e. The molecule has 0 aliphatic carbocycles. The molecule has 0 atom stereocenters. The number of hydrogen-bond donors (Lipinski definition) is 2. The fourth-order valence-electron chi connectivity index (χ4n) is 1.49. The third-order valence-corrected chi connectivity index (χ3v) is 2.31. The van der Waals surface area contributed by atoms with Crippen LogP contribution in [-0.4, -0.2) is 22.5 Å². The van der Waals surface area contributed by atoms with E-state index in [1.807, 2.05) is 6.92 Å². The monoisotopic (exact) mass is 258 g/mol. The molecule has 98 valence electrons. The highest BCUT2D eigenvalue weighted by atomic mass is 16.5. The SMILES string of the molecule is CCOc1ccc(NC(=O)c2cncc(N)n2)cc1. The molecule has 1 aromatic carbocycles. The van der Waals surface area contributed by atoms with Gasteiger partial charge in [0.1, 0.15) is 17.3 Å². The molecule has 2 aromatic rings. The third kappa shape index (κ3) is 3.41. The van der Waals surface area contributed by atoms with Crippen molar-refractivity contribution >= 4 is 17.4 Å². The number of aromatic nitrogens is 2. The van der Waals surface area contributed by atoms with Crippen molar-refractivity contribution in [1.29, 1.82) is 0 Å². The number of benzene rings is 1. The molecule has 0 unspecified atom stereocenters. The Labute approximate surface area is 110 Å². The molecule has 6 nitrogen and oxygen atoms in total. The first kappa shape index (κ1) is 12.8. The Morgan fingerprint density at radius 3 is 2.68 bits per heavy atom. The summed E-state index contributed by atoms with van der Waals surface area (Å²) >= 11 is 0. The Bertz CT molecular complexity index is 569. The summed E-state index contributed by atoms with van der Waals surface area (Å²) in [5.41, 5.74) is 6.30. The Balaban J connectivity index is 2.06. The van der Waals surface area contributed by atoms with Gasteiger partial charge in [-0.1, -0.05) is 0 Å². The van der Waals surface area contributed by atoms with Gasteiger partial charge in [-0.05, 0) is 31.2 Å². The van der Waals surface area contributed by atoms with E-state index in [9.17, 15) is 4.79 Å². The smallest absolute Gasteiger partial charge is 0.275 e. The van der Waals surface area contributed by atoms with Crippen molar-refractivity contribution in [2.24, 2.45) is 0 Å². The zero-order valence-electron chi connectivity index (χ0n) is 10.5. The summed E-state index contributed by atoms with van der Waals surface area (Å²) < 4.78 is 5.31. The lowest BCUT2D eigenvalue weighted by Gasteiger charge is -2.06. The second-order valence-corrected chi connectivity index (χ2v) is 3.74. The molecule has 1 amide bonds. The summed E-state index contributed by atoms with van der Waals surface area (Å²) in [7, 11) is 0. The first-order chi connectivity index (χ1) is 9.19. The van der Waals surface area contributed by atoms with Crippen LogP contribution in [0.1, 0.15) is 17.4 Å². The number of ether oxygens (including phenoxy) is 1. The summed E-state index contributed by atoms with van der Waals surface area (Å²) in [5, 5.41) is 2.70. The van der Waals surface area contributed by atoms with E-state index in [2.05, 4.69) is 15.3 Å². The van der Waals surface area contributed by atoms with Gasteiger partial charge < -0.3 is 15.8 Å². The number of carbonyl (C=O) groups is 1. The highest BCUT2D eigenvalue weighted by Gasteiger charge is 2.08. The van der Waals surface area contributed by atoms with E-state index < -0.39 is 0 Å². The lowest BCUT2D eigenvalue weighted by atomic mass is 10.3. The molecule has 2 rings (SSSR count). The Morgan fingerprint density at radius 2 is 2.05 bits per heavy atom. The highest BCUT2D eigenvalue weighted by Crippen LogP contribution is 2.16.